The molecular formula is C18H18N4O2S2. The highest BCUT2D eigenvalue weighted by molar-refractivity contribution is 8.01. The lowest BCUT2D eigenvalue weighted by Gasteiger charge is -2.01. The molecule has 1 aromatic carbocycles. The van der Waals surface area contributed by atoms with Gasteiger partial charge in [0.1, 0.15) is 5.75 Å². The van der Waals surface area contributed by atoms with Crippen LogP contribution in [0, 0.1) is 0 Å². The summed E-state index contributed by atoms with van der Waals surface area (Å²) in [5, 5.41) is 4.09. The molecule has 0 aliphatic carbocycles. The van der Waals surface area contributed by atoms with E-state index < -0.39 is 0 Å². The topological polar surface area (TPSA) is 76.5 Å². The summed E-state index contributed by atoms with van der Waals surface area (Å²) < 4.78 is 7.39. The summed E-state index contributed by atoms with van der Waals surface area (Å²) in [6, 6.07) is 11.4. The summed E-state index contributed by atoms with van der Waals surface area (Å²) in [5.74, 6) is 0.897. The highest BCUT2D eigenvalue weighted by atomic mass is 32.2. The van der Waals surface area contributed by atoms with E-state index in [1.54, 1.807) is 24.5 Å². The van der Waals surface area contributed by atoms with Crippen LogP contribution in [0.3, 0.4) is 0 Å². The van der Waals surface area contributed by atoms with Crippen molar-refractivity contribution in [2.45, 2.75) is 18.2 Å². The molecular weight excluding hydrogens is 368 g/mol. The van der Waals surface area contributed by atoms with E-state index in [4.69, 9.17) is 4.74 Å². The van der Waals surface area contributed by atoms with Gasteiger partial charge in [-0.2, -0.15) is 5.10 Å². The Morgan fingerprint density at radius 1 is 1.35 bits per heavy atom. The SMILES string of the molecule is CCOc1ccc2nc(SCC(=O)N/N=C(\C)c3ccccn3)sc2c1. The second-order valence-corrected chi connectivity index (χ2v) is 7.53. The van der Waals surface area contributed by atoms with Crippen molar-refractivity contribution < 1.29 is 9.53 Å². The summed E-state index contributed by atoms with van der Waals surface area (Å²) >= 11 is 2.94. The molecule has 1 amide bonds. The fourth-order valence-electron chi connectivity index (χ4n) is 2.14. The van der Waals surface area contributed by atoms with Crippen molar-refractivity contribution in [2.24, 2.45) is 5.10 Å². The molecule has 6 nitrogen and oxygen atoms in total. The van der Waals surface area contributed by atoms with Crippen LogP contribution in [0.5, 0.6) is 5.75 Å². The van der Waals surface area contributed by atoms with Crippen molar-refractivity contribution >= 4 is 44.9 Å². The fraction of sp³-hybridized carbons (Fsp3) is 0.222. The molecule has 0 aliphatic heterocycles. The first-order valence-corrected chi connectivity index (χ1v) is 9.86. The van der Waals surface area contributed by atoms with E-state index >= 15 is 0 Å². The van der Waals surface area contributed by atoms with Gasteiger partial charge in [-0.15, -0.1) is 11.3 Å². The van der Waals surface area contributed by atoms with Crippen LogP contribution in [0.1, 0.15) is 19.5 Å². The third-order valence-corrected chi connectivity index (χ3v) is 5.52. The van der Waals surface area contributed by atoms with Crippen molar-refractivity contribution in [3.8, 4) is 5.75 Å². The van der Waals surface area contributed by atoms with Crippen molar-refractivity contribution in [2.75, 3.05) is 12.4 Å². The monoisotopic (exact) mass is 386 g/mol. The quantitative estimate of drug-likeness (QED) is 0.380. The normalized spacial score (nSPS) is 11.5. The van der Waals surface area contributed by atoms with Crippen LogP contribution in [0.15, 0.2) is 52.0 Å². The average Bonchev–Trinajstić information content (AvgIpc) is 3.07. The number of aromatic nitrogens is 2. The summed E-state index contributed by atoms with van der Waals surface area (Å²) in [5.41, 5.74) is 4.86. The number of amides is 1. The summed E-state index contributed by atoms with van der Waals surface area (Å²) in [4.78, 5) is 20.7. The van der Waals surface area contributed by atoms with E-state index in [0.717, 1.165) is 26.0 Å². The van der Waals surface area contributed by atoms with Crippen LogP contribution in [-0.2, 0) is 4.79 Å². The molecule has 2 aromatic heterocycles. The Morgan fingerprint density at radius 3 is 3.00 bits per heavy atom. The van der Waals surface area contributed by atoms with Crippen molar-refractivity contribution in [1.29, 1.82) is 0 Å². The molecule has 1 N–H and O–H groups in total. The molecule has 3 aromatic rings. The van der Waals surface area contributed by atoms with Gasteiger partial charge in [0, 0.05) is 6.20 Å². The Bertz CT molecular complexity index is 925. The van der Waals surface area contributed by atoms with Gasteiger partial charge in [0.2, 0.25) is 0 Å². The van der Waals surface area contributed by atoms with Gasteiger partial charge in [0.25, 0.3) is 5.91 Å². The van der Waals surface area contributed by atoms with Gasteiger partial charge < -0.3 is 4.74 Å². The number of carbonyl (C=O) groups is 1. The van der Waals surface area contributed by atoms with Crippen LogP contribution in [-0.4, -0.2) is 33.9 Å². The summed E-state index contributed by atoms with van der Waals surface area (Å²) in [7, 11) is 0. The Kier molecular flexibility index (Phi) is 6.19. The van der Waals surface area contributed by atoms with Crippen molar-refractivity contribution in [1.82, 2.24) is 15.4 Å². The molecule has 0 saturated carbocycles. The van der Waals surface area contributed by atoms with Crippen molar-refractivity contribution in [3.63, 3.8) is 0 Å². The summed E-state index contributed by atoms with van der Waals surface area (Å²) in [6.07, 6.45) is 1.69. The zero-order valence-electron chi connectivity index (χ0n) is 14.4. The lowest BCUT2D eigenvalue weighted by molar-refractivity contribution is -0.118. The number of hydrazone groups is 1. The molecule has 0 saturated heterocycles. The smallest absolute Gasteiger partial charge is 0.250 e. The standard InChI is InChI=1S/C18H18N4O2S2/c1-3-24-13-7-8-15-16(10-13)26-18(20-15)25-11-17(23)22-21-12(2)14-6-4-5-9-19-14/h4-10H,3,11H2,1-2H3,(H,22,23)/b21-12+. The third-order valence-electron chi connectivity index (χ3n) is 3.36. The fourth-order valence-corrected chi connectivity index (χ4v) is 4.03. The Morgan fingerprint density at radius 2 is 2.23 bits per heavy atom. The van der Waals surface area contributed by atoms with Gasteiger partial charge in [0.15, 0.2) is 4.34 Å². The number of thioether (sulfide) groups is 1. The number of fused-ring (bicyclic) bond motifs is 1. The molecule has 26 heavy (non-hydrogen) atoms. The maximum atomic E-state index is 12.0. The van der Waals surface area contributed by atoms with Gasteiger partial charge in [-0.25, -0.2) is 10.4 Å². The maximum Gasteiger partial charge on any atom is 0.250 e. The summed E-state index contributed by atoms with van der Waals surface area (Å²) in [6.45, 7) is 4.39. The van der Waals surface area contributed by atoms with Crippen molar-refractivity contribution in [3.05, 3.63) is 48.3 Å². The van der Waals surface area contributed by atoms with E-state index in [1.807, 2.05) is 43.3 Å². The van der Waals surface area contributed by atoms with E-state index in [2.05, 4.69) is 20.5 Å². The second-order valence-electron chi connectivity index (χ2n) is 5.28. The number of carbonyl (C=O) groups excluding carboxylic acids is 1. The third kappa shape index (κ3) is 4.80. The number of hydrogen-bond donors (Lipinski definition) is 1. The molecule has 8 heteroatoms. The average molecular weight is 387 g/mol. The number of benzene rings is 1. The molecule has 0 unspecified atom stereocenters. The number of pyridine rings is 1. The zero-order chi connectivity index (χ0) is 18.4. The largest absolute Gasteiger partial charge is 0.494 e. The minimum absolute atomic E-state index is 0.181. The molecule has 0 spiro atoms. The number of nitrogens with zero attached hydrogens (tertiary/aromatic N) is 3. The van der Waals surface area contributed by atoms with Crippen LogP contribution in [0.25, 0.3) is 10.2 Å². The predicted octanol–water partition coefficient (Wildman–Crippen LogP) is 3.72. The van der Waals surface area contributed by atoms with E-state index in [9.17, 15) is 4.79 Å². The maximum absolute atomic E-state index is 12.0. The van der Waals surface area contributed by atoms with Gasteiger partial charge in [0.05, 0.1) is 34.0 Å². The molecule has 0 aliphatic rings. The van der Waals surface area contributed by atoms with Crippen LogP contribution < -0.4 is 10.2 Å². The molecule has 134 valence electrons. The number of thiazole rings is 1. The van der Waals surface area contributed by atoms with E-state index in [1.165, 1.54) is 11.8 Å². The number of rotatable bonds is 7. The highest BCUT2D eigenvalue weighted by Gasteiger charge is 2.09. The van der Waals surface area contributed by atoms with E-state index in [0.29, 0.717) is 12.3 Å². The first-order valence-electron chi connectivity index (χ1n) is 8.06. The van der Waals surface area contributed by atoms with E-state index in [-0.39, 0.29) is 11.7 Å². The Balaban J connectivity index is 1.56. The molecule has 3 rings (SSSR count). The second kappa shape index (κ2) is 8.77. The zero-order valence-corrected chi connectivity index (χ0v) is 16.1. The first-order chi connectivity index (χ1) is 12.7. The van der Waals surface area contributed by atoms with Gasteiger partial charge in [-0.1, -0.05) is 17.8 Å². The molecule has 0 atom stereocenters. The van der Waals surface area contributed by atoms with Gasteiger partial charge >= 0.3 is 0 Å². The Labute approximate surface area is 159 Å². The molecule has 2 heterocycles. The van der Waals surface area contributed by atoms with Crippen LogP contribution in [0.2, 0.25) is 0 Å². The number of ether oxygens (including phenoxy) is 1. The predicted molar refractivity (Wildman–Crippen MR) is 106 cm³/mol. The Hall–Kier alpha value is -2.45. The lowest BCUT2D eigenvalue weighted by Crippen LogP contribution is -2.21. The molecule has 0 radical (unpaired) electrons. The lowest BCUT2D eigenvalue weighted by atomic mass is 10.3. The minimum Gasteiger partial charge on any atom is -0.494 e. The van der Waals surface area contributed by atoms with Crippen LogP contribution in [0.4, 0.5) is 0 Å². The molecule has 0 fully saturated rings. The van der Waals surface area contributed by atoms with Crippen LogP contribution >= 0.6 is 23.1 Å². The molecule has 0 bridgehead atoms. The first kappa shape index (κ1) is 18.3. The number of nitrogens with one attached hydrogen (secondary N) is 1. The highest BCUT2D eigenvalue weighted by Crippen LogP contribution is 2.31. The van der Waals surface area contributed by atoms with Gasteiger partial charge in [-0.3, -0.25) is 9.78 Å². The number of hydrogen-bond acceptors (Lipinski definition) is 7. The minimum atomic E-state index is -0.181. The van der Waals surface area contributed by atoms with Gasteiger partial charge in [-0.05, 0) is 44.2 Å².